The highest BCUT2D eigenvalue weighted by molar-refractivity contribution is 7.89. The van der Waals surface area contributed by atoms with Crippen LogP contribution in [0.3, 0.4) is 0 Å². The number of ether oxygens (including phenoxy) is 2. The SMILES string of the molecule is COc1cccc(CC(=O)N2CCN(S(=O)(=O)c3cc4c(cc3Cl)NC(=O)CO4)CC2)c1. The van der Waals surface area contributed by atoms with Gasteiger partial charge in [-0.2, -0.15) is 4.31 Å². The van der Waals surface area contributed by atoms with E-state index in [4.69, 9.17) is 21.1 Å². The molecule has 1 saturated heterocycles. The number of rotatable bonds is 5. The largest absolute Gasteiger partial charge is 0.497 e. The van der Waals surface area contributed by atoms with Crippen molar-refractivity contribution in [2.24, 2.45) is 0 Å². The highest BCUT2D eigenvalue weighted by Gasteiger charge is 2.33. The number of carbonyl (C=O) groups excluding carboxylic acids is 2. The van der Waals surface area contributed by atoms with Crippen molar-refractivity contribution in [2.45, 2.75) is 11.3 Å². The molecular weight excluding hydrogens is 458 g/mol. The molecule has 2 aliphatic rings. The van der Waals surface area contributed by atoms with Crippen LogP contribution in [0.25, 0.3) is 0 Å². The summed E-state index contributed by atoms with van der Waals surface area (Å²) in [7, 11) is -2.34. The van der Waals surface area contributed by atoms with Gasteiger partial charge in [0.05, 0.1) is 24.2 Å². The number of nitrogens with zero attached hydrogens (tertiary/aromatic N) is 2. The number of halogens is 1. The third kappa shape index (κ3) is 4.52. The molecule has 2 aromatic carbocycles. The Bertz CT molecular complexity index is 1160. The number of nitrogens with one attached hydrogen (secondary N) is 1. The summed E-state index contributed by atoms with van der Waals surface area (Å²) < 4.78 is 38.2. The Morgan fingerprint density at radius 2 is 1.94 bits per heavy atom. The van der Waals surface area contributed by atoms with Crippen LogP contribution in [0.1, 0.15) is 5.56 Å². The Morgan fingerprint density at radius 1 is 1.19 bits per heavy atom. The lowest BCUT2D eigenvalue weighted by atomic mass is 10.1. The van der Waals surface area contributed by atoms with Crippen molar-refractivity contribution in [1.82, 2.24) is 9.21 Å². The molecule has 0 unspecified atom stereocenters. The maximum absolute atomic E-state index is 13.2. The Balaban J connectivity index is 1.43. The van der Waals surface area contributed by atoms with Crippen LogP contribution in [0.5, 0.6) is 11.5 Å². The van der Waals surface area contributed by atoms with Crippen LogP contribution in [0.15, 0.2) is 41.3 Å². The molecule has 32 heavy (non-hydrogen) atoms. The molecule has 2 aliphatic heterocycles. The molecule has 2 amide bonds. The van der Waals surface area contributed by atoms with Gasteiger partial charge in [-0.05, 0) is 23.8 Å². The van der Waals surface area contributed by atoms with Gasteiger partial charge in [-0.3, -0.25) is 9.59 Å². The zero-order valence-electron chi connectivity index (χ0n) is 17.3. The van der Waals surface area contributed by atoms with Crippen LogP contribution >= 0.6 is 11.6 Å². The number of sulfonamides is 1. The van der Waals surface area contributed by atoms with Gasteiger partial charge in [-0.25, -0.2) is 8.42 Å². The quantitative estimate of drug-likeness (QED) is 0.700. The first kappa shape index (κ1) is 22.4. The number of piperazine rings is 1. The van der Waals surface area contributed by atoms with Crippen LogP contribution in [-0.4, -0.2) is 69.3 Å². The fourth-order valence-corrected chi connectivity index (χ4v) is 5.60. The molecule has 0 atom stereocenters. The van der Waals surface area contributed by atoms with Crippen LogP contribution < -0.4 is 14.8 Å². The van der Waals surface area contributed by atoms with Crippen molar-refractivity contribution in [1.29, 1.82) is 0 Å². The number of hydrogen-bond donors (Lipinski definition) is 1. The van der Waals surface area contributed by atoms with Gasteiger partial charge >= 0.3 is 0 Å². The van der Waals surface area contributed by atoms with Gasteiger partial charge in [0.15, 0.2) is 6.61 Å². The van der Waals surface area contributed by atoms with Gasteiger partial charge in [0, 0.05) is 32.2 Å². The van der Waals surface area contributed by atoms with Crippen molar-refractivity contribution in [2.75, 3.05) is 45.2 Å². The first-order chi connectivity index (χ1) is 15.3. The van der Waals surface area contributed by atoms with E-state index >= 15 is 0 Å². The summed E-state index contributed by atoms with van der Waals surface area (Å²) in [6.07, 6.45) is 0.212. The number of fused-ring (bicyclic) bond motifs is 1. The third-order valence-corrected chi connectivity index (χ3v) is 7.73. The second-order valence-electron chi connectivity index (χ2n) is 7.43. The lowest BCUT2D eigenvalue weighted by molar-refractivity contribution is -0.131. The molecular formula is C21H22ClN3O6S. The number of benzene rings is 2. The minimum Gasteiger partial charge on any atom is -0.497 e. The molecule has 0 aliphatic carbocycles. The lowest BCUT2D eigenvalue weighted by Gasteiger charge is -2.34. The fourth-order valence-electron chi connectivity index (χ4n) is 3.66. The standard InChI is InChI=1S/C21H22ClN3O6S/c1-30-15-4-2-3-14(9-15)10-21(27)24-5-7-25(8-6-24)32(28,29)19-12-18-17(11-16(19)22)23-20(26)13-31-18/h2-4,9,11-12H,5-8,10,13H2,1H3,(H,23,26). The maximum Gasteiger partial charge on any atom is 0.262 e. The summed E-state index contributed by atoms with van der Waals surface area (Å²) in [5, 5.41) is 2.59. The second-order valence-corrected chi connectivity index (χ2v) is 9.74. The first-order valence-electron chi connectivity index (χ1n) is 9.95. The third-order valence-electron chi connectivity index (χ3n) is 5.37. The number of anilines is 1. The lowest BCUT2D eigenvalue weighted by Crippen LogP contribution is -2.50. The summed E-state index contributed by atoms with van der Waals surface area (Å²) in [5.74, 6) is 0.515. The second kappa shape index (κ2) is 8.97. The number of hydrogen-bond acceptors (Lipinski definition) is 6. The van der Waals surface area contributed by atoms with Crippen molar-refractivity contribution in [3.05, 3.63) is 47.0 Å². The van der Waals surface area contributed by atoms with Gasteiger partial charge in [0.1, 0.15) is 16.4 Å². The predicted octanol–water partition coefficient (Wildman–Crippen LogP) is 1.76. The van der Waals surface area contributed by atoms with Crippen LogP contribution in [0.4, 0.5) is 5.69 Å². The summed E-state index contributed by atoms with van der Waals surface area (Å²) in [6, 6.07) is 9.98. The van der Waals surface area contributed by atoms with Crippen molar-refractivity contribution < 1.29 is 27.5 Å². The average molecular weight is 480 g/mol. The number of carbonyl (C=O) groups is 2. The Hall–Kier alpha value is -2.82. The number of methoxy groups -OCH3 is 1. The molecule has 0 aromatic heterocycles. The van der Waals surface area contributed by atoms with Crippen molar-refractivity contribution >= 4 is 39.1 Å². The van der Waals surface area contributed by atoms with Gasteiger partial charge in [0.25, 0.3) is 5.91 Å². The summed E-state index contributed by atoms with van der Waals surface area (Å²) in [5.41, 5.74) is 1.16. The van der Waals surface area contributed by atoms with Gasteiger partial charge in [-0.1, -0.05) is 23.7 Å². The minimum absolute atomic E-state index is 0.00826. The molecule has 1 N–H and O–H groups in total. The fraction of sp³-hybridized carbons (Fsp3) is 0.333. The number of amides is 2. The molecule has 0 bridgehead atoms. The van der Waals surface area contributed by atoms with E-state index in [0.29, 0.717) is 11.4 Å². The molecule has 0 radical (unpaired) electrons. The normalized spacial score (nSPS) is 16.7. The molecule has 4 rings (SSSR count). The van der Waals surface area contributed by atoms with Crippen molar-refractivity contribution in [3.63, 3.8) is 0 Å². The molecule has 11 heteroatoms. The highest BCUT2D eigenvalue weighted by Crippen LogP contribution is 2.37. The molecule has 170 valence electrons. The van der Waals surface area contributed by atoms with Crippen molar-refractivity contribution in [3.8, 4) is 11.5 Å². The van der Waals surface area contributed by atoms with Crippen LogP contribution in [0.2, 0.25) is 5.02 Å². The summed E-state index contributed by atoms with van der Waals surface area (Å²) >= 11 is 6.22. The van der Waals surface area contributed by atoms with Crippen LogP contribution in [0, 0.1) is 0 Å². The maximum atomic E-state index is 13.2. The molecule has 1 fully saturated rings. The van der Waals surface area contributed by atoms with E-state index in [2.05, 4.69) is 5.32 Å². The van der Waals surface area contributed by atoms with E-state index in [1.807, 2.05) is 18.2 Å². The van der Waals surface area contributed by atoms with E-state index in [0.717, 1.165) is 5.56 Å². The Kier molecular flexibility index (Phi) is 6.27. The minimum atomic E-state index is -3.90. The molecule has 9 nitrogen and oxygen atoms in total. The van der Waals surface area contributed by atoms with Gasteiger partial charge in [0.2, 0.25) is 15.9 Å². The topological polar surface area (TPSA) is 105 Å². The monoisotopic (exact) mass is 479 g/mol. The Morgan fingerprint density at radius 3 is 2.66 bits per heavy atom. The Labute approximate surface area is 190 Å². The summed E-state index contributed by atoms with van der Waals surface area (Å²) in [6.45, 7) is 0.658. The van der Waals surface area contributed by atoms with Gasteiger partial charge in [-0.15, -0.1) is 0 Å². The van der Waals surface area contributed by atoms with E-state index in [9.17, 15) is 18.0 Å². The zero-order chi connectivity index (χ0) is 22.9. The molecule has 2 aromatic rings. The zero-order valence-corrected chi connectivity index (χ0v) is 18.9. The van der Waals surface area contributed by atoms with Gasteiger partial charge < -0.3 is 19.7 Å². The van der Waals surface area contributed by atoms with E-state index < -0.39 is 10.0 Å². The van der Waals surface area contributed by atoms with E-state index in [1.54, 1.807) is 18.1 Å². The predicted molar refractivity (Wildman–Crippen MR) is 118 cm³/mol. The molecule has 0 saturated carbocycles. The van der Waals surface area contributed by atoms with Crippen LogP contribution in [-0.2, 0) is 26.0 Å². The molecule has 2 heterocycles. The smallest absolute Gasteiger partial charge is 0.262 e. The molecule has 0 spiro atoms. The summed E-state index contributed by atoms with van der Waals surface area (Å²) in [4.78, 5) is 25.7. The highest BCUT2D eigenvalue weighted by atomic mass is 35.5. The van der Waals surface area contributed by atoms with E-state index in [1.165, 1.54) is 16.4 Å². The average Bonchev–Trinajstić information content (AvgIpc) is 2.78. The van der Waals surface area contributed by atoms with E-state index in [-0.39, 0.29) is 66.7 Å². The first-order valence-corrected chi connectivity index (χ1v) is 11.8.